The highest BCUT2D eigenvalue weighted by molar-refractivity contribution is 5.28. The van der Waals surface area contributed by atoms with Crippen molar-refractivity contribution in [3.8, 4) is 0 Å². The molecular formula is C20H32O3. The van der Waals surface area contributed by atoms with Crippen LogP contribution in [0.25, 0.3) is 0 Å². The second kappa shape index (κ2) is 4.83. The lowest BCUT2D eigenvalue weighted by Gasteiger charge is -2.59. The van der Waals surface area contributed by atoms with Crippen LogP contribution in [0.1, 0.15) is 65.7 Å². The maximum atomic E-state index is 10.9. The van der Waals surface area contributed by atoms with Crippen molar-refractivity contribution in [2.24, 2.45) is 28.6 Å². The first-order valence-corrected chi connectivity index (χ1v) is 9.49. The van der Waals surface area contributed by atoms with Gasteiger partial charge >= 0.3 is 0 Å². The van der Waals surface area contributed by atoms with Crippen LogP contribution in [0.3, 0.4) is 0 Å². The van der Waals surface area contributed by atoms with E-state index in [4.69, 9.17) is 0 Å². The minimum atomic E-state index is -0.601. The van der Waals surface area contributed by atoms with Gasteiger partial charge in [-0.2, -0.15) is 0 Å². The third-order valence-corrected chi connectivity index (χ3v) is 8.67. The van der Waals surface area contributed by atoms with Crippen molar-refractivity contribution in [2.75, 3.05) is 0 Å². The predicted octanol–water partition coefficient (Wildman–Crippen LogP) is 3.03. The number of aliphatic hydroxyl groups excluding tert-OH is 2. The molecule has 0 radical (unpaired) electrons. The average molecular weight is 320 g/mol. The fraction of sp³-hybridized carbons (Fsp3) is 0.900. The maximum absolute atomic E-state index is 10.9. The highest BCUT2D eigenvalue weighted by Gasteiger charge is 2.63. The van der Waals surface area contributed by atoms with Gasteiger partial charge in [0.15, 0.2) is 0 Å². The summed E-state index contributed by atoms with van der Waals surface area (Å²) in [6.07, 6.45) is 8.11. The highest BCUT2D eigenvalue weighted by atomic mass is 16.3. The van der Waals surface area contributed by atoms with Crippen molar-refractivity contribution in [2.45, 2.75) is 83.5 Å². The molecule has 4 aliphatic rings. The molecule has 3 N–H and O–H groups in total. The van der Waals surface area contributed by atoms with Crippen LogP contribution >= 0.6 is 0 Å². The Hall–Kier alpha value is -0.380. The van der Waals surface area contributed by atoms with Gasteiger partial charge in [0.25, 0.3) is 0 Å². The number of aliphatic hydroxyl groups is 3. The van der Waals surface area contributed by atoms with Gasteiger partial charge in [-0.15, -0.1) is 0 Å². The van der Waals surface area contributed by atoms with Crippen molar-refractivity contribution in [1.29, 1.82) is 0 Å². The Kier molecular flexibility index (Phi) is 3.38. The van der Waals surface area contributed by atoms with Gasteiger partial charge in [-0.05, 0) is 80.5 Å². The molecule has 0 bridgehead atoms. The topological polar surface area (TPSA) is 60.7 Å². The Morgan fingerprint density at radius 2 is 1.65 bits per heavy atom. The summed E-state index contributed by atoms with van der Waals surface area (Å²) in [5.41, 5.74) is 0.762. The normalized spacial score (nSPS) is 58.9. The van der Waals surface area contributed by atoms with Crippen LogP contribution in [0.4, 0.5) is 0 Å². The summed E-state index contributed by atoms with van der Waals surface area (Å²) in [5.74, 6) is 1.18. The molecule has 0 amide bonds. The fourth-order valence-electron chi connectivity index (χ4n) is 6.87. The summed E-state index contributed by atoms with van der Waals surface area (Å²) in [6.45, 7) is 6.62. The zero-order valence-electron chi connectivity index (χ0n) is 14.8. The summed E-state index contributed by atoms with van der Waals surface area (Å²) in [7, 11) is 0. The molecule has 4 aliphatic carbocycles. The zero-order chi connectivity index (χ0) is 16.6. The van der Waals surface area contributed by atoms with Crippen molar-refractivity contribution in [3.63, 3.8) is 0 Å². The molecule has 3 nitrogen and oxygen atoms in total. The van der Waals surface area contributed by atoms with Crippen molar-refractivity contribution in [1.82, 2.24) is 0 Å². The van der Waals surface area contributed by atoms with Crippen LogP contribution in [0, 0.1) is 28.6 Å². The molecule has 130 valence electrons. The second-order valence-corrected chi connectivity index (χ2v) is 9.56. The van der Waals surface area contributed by atoms with E-state index in [9.17, 15) is 15.3 Å². The molecular weight excluding hydrogens is 288 g/mol. The number of fused-ring (bicyclic) bond motifs is 5. The van der Waals surface area contributed by atoms with Crippen molar-refractivity contribution < 1.29 is 15.3 Å². The third kappa shape index (κ3) is 1.99. The molecule has 0 aromatic heterocycles. The fourth-order valence-corrected chi connectivity index (χ4v) is 6.87. The third-order valence-electron chi connectivity index (χ3n) is 8.67. The molecule has 0 heterocycles. The lowest BCUT2D eigenvalue weighted by atomic mass is 9.46. The summed E-state index contributed by atoms with van der Waals surface area (Å²) >= 11 is 0. The van der Waals surface area contributed by atoms with E-state index < -0.39 is 11.7 Å². The first kappa shape index (κ1) is 16.1. The van der Waals surface area contributed by atoms with E-state index in [-0.39, 0.29) is 22.9 Å². The predicted molar refractivity (Wildman–Crippen MR) is 89.7 cm³/mol. The van der Waals surface area contributed by atoms with E-state index in [1.807, 2.05) is 6.92 Å². The van der Waals surface area contributed by atoms with Crippen molar-refractivity contribution in [3.05, 3.63) is 11.6 Å². The summed E-state index contributed by atoms with van der Waals surface area (Å²) in [5, 5.41) is 31.9. The van der Waals surface area contributed by atoms with E-state index in [0.717, 1.165) is 44.9 Å². The van der Waals surface area contributed by atoms with E-state index in [2.05, 4.69) is 19.9 Å². The Labute approximate surface area is 139 Å². The van der Waals surface area contributed by atoms with Crippen LogP contribution in [-0.2, 0) is 0 Å². The molecule has 0 spiro atoms. The highest BCUT2D eigenvalue weighted by Crippen LogP contribution is 2.66. The van der Waals surface area contributed by atoms with Gasteiger partial charge in [0.05, 0.1) is 17.8 Å². The first-order chi connectivity index (χ1) is 10.7. The molecule has 0 aromatic rings. The quantitative estimate of drug-likeness (QED) is 0.601. The van der Waals surface area contributed by atoms with Crippen molar-refractivity contribution >= 4 is 0 Å². The van der Waals surface area contributed by atoms with Gasteiger partial charge in [-0.25, -0.2) is 0 Å². The van der Waals surface area contributed by atoms with E-state index in [1.165, 1.54) is 5.57 Å². The van der Waals surface area contributed by atoms with Crippen LogP contribution in [0.15, 0.2) is 11.6 Å². The SMILES string of the molecule is CC1(O)CC[C@H]2[C@@H]3C(O)C=C4CC(O)CC[C@]4(C)[C@@H]3CC[C@@]21C. The van der Waals surface area contributed by atoms with Crippen LogP contribution < -0.4 is 0 Å². The van der Waals surface area contributed by atoms with Gasteiger partial charge in [0.2, 0.25) is 0 Å². The van der Waals surface area contributed by atoms with Crippen LogP contribution in [0.5, 0.6) is 0 Å². The Morgan fingerprint density at radius 3 is 2.39 bits per heavy atom. The van der Waals surface area contributed by atoms with E-state index in [0.29, 0.717) is 11.8 Å². The van der Waals surface area contributed by atoms with Crippen LogP contribution in [-0.4, -0.2) is 33.1 Å². The lowest BCUT2D eigenvalue weighted by Crippen LogP contribution is -2.57. The molecule has 3 unspecified atom stereocenters. The average Bonchev–Trinajstić information content (AvgIpc) is 2.72. The summed E-state index contributed by atoms with van der Waals surface area (Å²) in [6, 6.07) is 0. The van der Waals surface area contributed by atoms with Gasteiger partial charge in [0, 0.05) is 0 Å². The van der Waals surface area contributed by atoms with Gasteiger partial charge in [-0.3, -0.25) is 0 Å². The summed E-state index contributed by atoms with van der Waals surface area (Å²) < 4.78 is 0. The van der Waals surface area contributed by atoms with E-state index in [1.54, 1.807) is 0 Å². The molecule has 0 aromatic carbocycles. The smallest absolute Gasteiger partial charge is 0.0757 e. The zero-order valence-corrected chi connectivity index (χ0v) is 14.8. The maximum Gasteiger partial charge on any atom is 0.0757 e. The Balaban J connectivity index is 1.74. The number of hydrogen-bond donors (Lipinski definition) is 3. The van der Waals surface area contributed by atoms with Gasteiger partial charge < -0.3 is 15.3 Å². The lowest BCUT2D eigenvalue weighted by molar-refractivity contribution is -0.136. The molecule has 3 saturated carbocycles. The van der Waals surface area contributed by atoms with Crippen LogP contribution in [0.2, 0.25) is 0 Å². The minimum absolute atomic E-state index is 0.0645. The standard InChI is InChI=1S/C20H32O3/c1-18-7-4-13(21)10-12(18)11-16(22)17-14(18)5-8-19(2)15(17)6-9-20(19,3)23/h11,13-17,21-23H,4-10H2,1-3H3/t13?,14-,15+,16?,17-,18+,19+,20?/m1/s1. The number of hydrogen-bond acceptors (Lipinski definition) is 3. The second-order valence-electron chi connectivity index (χ2n) is 9.56. The summed E-state index contributed by atoms with van der Waals surface area (Å²) in [4.78, 5) is 0. The minimum Gasteiger partial charge on any atom is -0.393 e. The monoisotopic (exact) mass is 320 g/mol. The molecule has 0 aliphatic heterocycles. The molecule has 0 saturated heterocycles. The number of rotatable bonds is 0. The molecule has 4 rings (SSSR count). The molecule has 3 fully saturated rings. The molecule has 3 heteroatoms. The Bertz CT molecular complexity index is 539. The largest absolute Gasteiger partial charge is 0.393 e. The van der Waals surface area contributed by atoms with E-state index >= 15 is 0 Å². The first-order valence-electron chi connectivity index (χ1n) is 9.49. The van der Waals surface area contributed by atoms with Gasteiger partial charge in [-0.1, -0.05) is 25.5 Å². The molecule has 23 heavy (non-hydrogen) atoms. The molecule has 8 atom stereocenters. The Morgan fingerprint density at radius 1 is 0.957 bits per heavy atom. The van der Waals surface area contributed by atoms with Gasteiger partial charge in [0.1, 0.15) is 0 Å².